The number of benzene rings is 2. The third-order valence-electron chi connectivity index (χ3n) is 7.77. The molecule has 0 aliphatic heterocycles. The van der Waals surface area contributed by atoms with Gasteiger partial charge in [0.25, 0.3) is 5.91 Å². The molecule has 8 heteroatoms. The maximum Gasteiger partial charge on any atom is 0.255 e. The molecule has 1 aliphatic rings. The molecule has 2 unspecified atom stereocenters. The lowest BCUT2D eigenvalue weighted by Gasteiger charge is -2.29. The Morgan fingerprint density at radius 2 is 1.73 bits per heavy atom. The summed E-state index contributed by atoms with van der Waals surface area (Å²) in [5, 5.41) is 27.3. The molecule has 3 rings (SSSR count). The van der Waals surface area contributed by atoms with Gasteiger partial charge < -0.3 is 25.6 Å². The number of phenols is 1. The molecule has 40 heavy (non-hydrogen) atoms. The number of hydrogen-bond donors (Lipinski definition) is 4. The van der Waals surface area contributed by atoms with Crippen LogP contribution in [0.3, 0.4) is 0 Å². The summed E-state index contributed by atoms with van der Waals surface area (Å²) in [4.78, 5) is 37.0. The normalized spacial score (nSPS) is 16.1. The standard InChI is InChI=1S/C32H43FN2O5/c1-22(36)15-18-31(39)34-26(14-8-13-23-9-4-2-5-10-23)21-30(38)28(19-24-11-6-3-7-12-24)35-32(40)27-17-16-25(33)20-29(27)37/h3,6-7,11-12,16-17,20,23,26,28,30,37-38H,2,4-5,8-10,13-15,18-19,21H2,1H3,(H,34,39)(H,35,40)/t26?,28?,30-/m0/s1. The molecule has 7 nitrogen and oxygen atoms in total. The molecule has 2 aromatic rings. The minimum absolute atomic E-state index is 0.0567. The summed E-state index contributed by atoms with van der Waals surface area (Å²) < 4.78 is 13.5. The first kappa shape index (κ1) is 31.3. The number of carbonyl (C=O) groups is 3. The fourth-order valence-electron chi connectivity index (χ4n) is 5.52. The van der Waals surface area contributed by atoms with Crippen molar-refractivity contribution in [2.24, 2.45) is 5.92 Å². The maximum absolute atomic E-state index is 13.5. The first-order chi connectivity index (χ1) is 19.2. The second-order valence-corrected chi connectivity index (χ2v) is 11.1. The zero-order valence-electron chi connectivity index (χ0n) is 23.4. The van der Waals surface area contributed by atoms with Crippen molar-refractivity contribution in [2.75, 3.05) is 0 Å². The second kappa shape index (κ2) is 16.1. The zero-order chi connectivity index (χ0) is 28.9. The molecule has 3 atom stereocenters. The molecule has 1 aliphatic carbocycles. The van der Waals surface area contributed by atoms with E-state index in [1.54, 1.807) is 0 Å². The van der Waals surface area contributed by atoms with Crippen LogP contribution in [0.1, 0.15) is 93.5 Å². The molecule has 218 valence electrons. The summed E-state index contributed by atoms with van der Waals surface area (Å²) in [7, 11) is 0. The van der Waals surface area contributed by atoms with E-state index in [0.717, 1.165) is 30.5 Å². The molecule has 0 bridgehead atoms. The number of rotatable bonds is 15. The molecule has 2 amide bonds. The van der Waals surface area contributed by atoms with Crippen LogP contribution in [0.15, 0.2) is 48.5 Å². The number of aromatic hydroxyl groups is 1. The number of aliphatic hydroxyl groups excluding tert-OH is 1. The van der Waals surface area contributed by atoms with Crippen molar-refractivity contribution < 1.29 is 29.0 Å². The minimum atomic E-state index is -1.01. The SMILES string of the molecule is CC(=O)CCC(=O)NC(CCCC1CCCCC1)C[C@H](O)C(Cc1ccccc1)NC(=O)c1ccc(F)cc1O. The van der Waals surface area contributed by atoms with E-state index in [1.165, 1.54) is 45.1 Å². The Kier molecular flexibility index (Phi) is 12.6. The van der Waals surface area contributed by atoms with E-state index in [1.807, 2.05) is 30.3 Å². The summed E-state index contributed by atoms with van der Waals surface area (Å²) in [5.41, 5.74) is 0.808. The van der Waals surface area contributed by atoms with Gasteiger partial charge in [-0.2, -0.15) is 0 Å². The Morgan fingerprint density at radius 1 is 1.00 bits per heavy atom. The Morgan fingerprint density at radius 3 is 2.40 bits per heavy atom. The number of Topliss-reactive ketones (excluding diaryl/α,β-unsaturated/α-hetero) is 1. The number of carbonyl (C=O) groups excluding carboxylic acids is 3. The largest absolute Gasteiger partial charge is 0.507 e. The van der Waals surface area contributed by atoms with Crippen molar-refractivity contribution in [1.82, 2.24) is 10.6 Å². The molecular weight excluding hydrogens is 511 g/mol. The van der Waals surface area contributed by atoms with Gasteiger partial charge in [-0.1, -0.05) is 75.3 Å². The highest BCUT2D eigenvalue weighted by Gasteiger charge is 2.27. The van der Waals surface area contributed by atoms with Gasteiger partial charge in [0.1, 0.15) is 17.3 Å². The third kappa shape index (κ3) is 10.7. The van der Waals surface area contributed by atoms with E-state index in [4.69, 9.17) is 0 Å². The fourth-order valence-corrected chi connectivity index (χ4v) is 5.52. The number of aliphatic hydroxyl groups is 1. The van der Waals surface area contributed by atoms with E-state index in [-0.39, 0.29) is 42.6 Å². The van der Waals surface area contributed by atoms with E-state index >= 15 is 0 Å². The number of nitrogens with one attached hydrogen (secondary N) is 2. The van der Waals surface area contributed by atoms with Gasteiger partial charge in [-0.05, 0) is 49.8 Å². The first-order valence-electron chi connectivity index (χ1n) is 14.5. The highest BCUT2D eigenvalue weighted by Crippen LogP contribution is 2.28. The van der Waals surface area contributed by atoms with Crippen molar-refractivity contribution in [3.63, 3.8) is 0 Å². The third-order valence-corrected chi connectivity index (χ3v) is 7.77. The van der Waals surface area contributed by atoms with Gasteiger partial charge in [0.2, 0.25) is 5.91 Å². The van der Waals surface area contributed by atoms with Crippen LogP contribution in [-0.4, -0.2) is 46.0 Å². The molecule has 0 heterocycles. The van der Waals surface area contributed by atoms with Crippen LogP contribution in [0.4, 0.5) is 4.39 Å². The van der Waals surface area contributed by atoms with Gasteiger partial charge in [0.15, 0.2) is 0 Å². The summed E-state index contributed by atoms with van der Waals surface area (Å²) in [6.07, 6.45) is 8.74. The molecule has 4 N–H and O–H groups in total. The van der Waals surface area contributed by atoms with Gasteiger partial charge >= 0.3 is 0 Å². The highest BCUT2D eigenvalue weighted by molar-refractivity contribution is 5.97. The van der Waals surface area contributed by atoms with E-state index < -0.39 is 29.6 Å². The monoisotopic (exact) mass is 554 g/mol. The lowest BCUT2D eigenvalue weighted by molar-refractivity contribution is -0.125. The van der Waals surface area contributed by atoms with E-state index in [0.29, 0.717) is 18.8 Å². The summed E-state index contributed by atoms with van der Waals surface area (Å²) in [6.45, 7) is 1.45. The second-order valence-electron chi connectivity index (χ2n) is 11.1. The summed E-state index contributed by atoms with van der Waals surface area (Å²) in [5.74, 6) is -1.36. The smallest absolute Gasteiger partial charge is 0.255 e. The summed E-state index contributed by atoms with van der Waals surface area (Å²) in [6, 6.07) is 11.5. The van der Waals surface area contributed by atoms with Crippen LogP contribution in [0, 0.1) is 11.7 Å². The van der Waals surface area contributed by atoms with Gasteiger partial charge in [-0.3, -0.25) is 9.59 Å². The van der Waals surface area contributed by atoms with Crippen molar-refractivity contribution >= 4 is 17.6 Å². The quantitative estimate of drug-likeness (QED) is 0.241. The van der Waals surface area contributed by atoms with Gasteiger partial charge in [-0.15, -0.1) is 0 Å². The Balaban J connectivity index is 1.72. The Hall–Kier alpha value is -3.26. The Labute approximate surface area is 236 Å². The maximum atomic E-state index is 13.5. The molecular formula is C32H43FN2O5. The van der Waals surface area contributed by atoms with Crippen LogP contribution in [0.2, 0.25) is 0 Å². The average Bonchev–Trinajstić information content (AvgIpc) is 2.92. The number of phenolic OH excluding ortho intramolecular Hbond substituents is 1. The Bertz CT molecular complexity index is 1100. The van der Waals surface area contributed by atoms with E-state index in [2.05, 4.69) is 10.6 Å². The number of hydrogen-bond acceptors (Lipinski definition) is 5. The first-order valence-corrected chi connectivity index (χ1v) is 14.5. The predicted molar refractivity (Wildman–Crippen MR) is 152 cm³/mol. The van der Waals surface area contributed by atoms with Crippen molar-refractivity contribution in [3.05, 3.63) is 65.5 Å². The molecule has 1 fully saturated rings. The molecule has 2 aromatic carbocycles. The molecule has 0 saturated heterocycles. The molecule has 0 aromatic heterocycles. The number of amides is 2. The fraction of sp³-hybridized carbons (Fsp3) is 0.531. The van der Waals surface area contributed by atoms with Crippen molar-refractivity contribution in [2.45, 2.75) is 102 Å². The van der Waals surface area contributed by atoms with Crippen molar-refractivity contribution in [1.29, 1.82) is 0 Å². The van der Waals surface area contributed by atoms with Crippen LogP contribution in [0.5, 0.6) is 5.75 Å². The predicted octanol–water partition coefficient (Wildman–Crippen LogP) is 5.23. The van der Waals surface area contributed by atoms with Crippen LogP contribution < -0.4 is 10.6 Å². The lowest BCUT2D eigenvalue weighted by atomic mass is 9.85. The summed E-state index contributed by atoms with van der Waals surface area (Å²) >= 11 is 0. The topological polar surface area (TPSA) is 116 Å². The van der Waals surface area contributed by atoms with Gasteiger partial charge in [0.05, 0.1) is 17.7 Å². The van der Waals surface area contributed by atoms with Gasteiger partial charge in [0, 0.05) is 24.9 Å². The number of ketones is 1. The minimum Gasteiger partial charge on any atom is -0.507 e. The highest BCUT2D eigenvalue weighted by atomic mass is 19.1. The van der Waals surface area contributed by atoms with Crippen LogP contribution in [0.25, 0.3) is 0 Å². The molecule has 1 saturated carbocycles. The van der Waals surface area contributed by atoms with Crippen LogP contribution >= 0.6 is 0 Å². The average molecular weight is 555 g/mol. The molecule has 0 radical (unpaired) electrons. The zero-order valence-corrected chi connectivity index (χ0v) is 23.4. The molecule has 0 spiro atoms. The number of halogens is 1. The lowest BCUT2D eigenvalue weighted by Crippen LogP contribution is -2.48. The van der Waals surface area contributed by atoms with Gasteiger partial charge in [-0.25, -0.2) is 4.39 Å². The van der Waals surface area contributed by atoms with Crippen LogP contribution in [-0.2, 0) is 16.0 Å². The van der Waals surface area contributed by atoms with Crippen molar-refractivity contribution in [3.8, 4) is 5.75 Å². The van der Waals surface area contributed by atoms with E-state index in [9.17, 15) is 29.0 Å².